The highest BCUT2D eigenvalue weighted by molar-refractivity contribution is 8.76. The molecule has 2 N–H and O–H groups in total. The molecule has 0 aliphatic heterocycles. The van der Waals surface area contributed by atoms with Crippen molar-refractivity contribution in [1.82, 2.24) is 0 Å². The Morgan fingerprint density at radius 3 is 1.29 bits per heavy atom. The van der Waals surface area contributed by atoms with Crippen LogP contribution in [-0.2, 0) is 0 Å². The average Bonchev–Trinajstić information content (AvgIpc) is 2.13. The van der Waals surface area contributed by atoms with Crippen LogP contribution in [0.3, 0.4) is 0 Å². The van der Waals surface area contributed by atoms with Crippen molar-refractivity contribution < 1.29 is 10.2 Å². The van der Waals surface area contributed by atoms with Crippen molar-refractivity contribution in [3.05, 3.63) is 0 Å². The lowest BCUT2D eigenvalue weighted by molar-refractivity contribution is 0.180. The first-order valence-electron chi connectivity index (χ1n) is 4.79. The highest BCUT2D eigenvalue weighted by Gasteiger charge is 2.19. The third kappa shape index (κ3) is 6.98. The molecule has 0 aromatic heterocycles. The summed E-state index contributed by atoms with van der Waals surface area (Å²) in [6.45, 7) is 8.67. The largest absolute Gasteiger partial charge is 0.396 e. The summed E-state index contributed by atoms with van der Waals surface area (Å²) in [6.07, 6.45) is 0. The molecule has 0 aliphatic carbocycles. The topological polar surface area (TPSA) is 40.5 Å². The summed E-state index contributed by atoms with van der Waals surface area (Å²) in [5.74, 6) is 1.88. The van der Waals surface area contributed by atoms with Gasteiger partial charge in [-0.1, -0.05) is 49.3 Å². The molecule has 0 unspecified atom stereocenters. The van der Waals surface area contributed by atoms with Gasteiger partial charge < -0.3 is 10.2 Å². The van der Waals surface area contributed by atoms with Gasteiger partial charge in [0.25, 0.3) is 0 Å². The van der Waals surface area contributed by atoms with Gasteiger partial charge in [0, 0.05) is 24.7 Å². The van der Waals surface area contributed by atoms with Crippen LogP contribution in [0.2, 0.25) is 0 Å². The van der Waals surface area contributed by atoms with Gasteiger partial charge in [0.15, 0.2) is 0 Å². The van der Waals surface area contributed by atoms with Gasteiger partial charge in [0.2, 0.25) is 0 Å². The lowest BCUT2D eigenvalue weighted by Gasteiger charge is -2.23. The molecule has 0 rings (SSSR count). The van der Waals surface area contributed by atoms with Gasteiger partial charge in [0.1, 0.15) is 0 Å². The molecule has 2 nitrogen and oxygen atoms in total. The van der Waals surface area contributed by atoms with Gasteiger partial charge in [-0.25, -0.2) is 0 Å². The standard InChI is InChI=1S/C10H22O2S2/c1-9(2,5-11)7-13-14-8-10(3,4)6-12/h11-12H,5-8H2,1-4H3. The minimum absolute atomic E-state index is 0.00102. The first kappa shape index (κ1) is 14.6. The van der Waals surface area contributed by atoms with Gasteiger partial charge in [-0.3, -0.25) is 0 Å². The quantitative estimate of drug-likeness (QED) is 0.528. The number of rotatable bonds is 7. The van der Waals surface area contributed by atoms with Crippen LogP contribution >= 0.6 is 21.6 Å². The Kier molecular flexibility index (Phi) is 6.53. The van der Waals surface area contributed by atoms with E-state index in [0.29, 0.717) is 0 Å². The van der Waals surface area contributed by atoms with Gasteiger partial charge in [0.05, 0.1) is 0 Å². The highest BCUT2D eigenvalue weighted by atomic mass is 33.1. The SMILES string of the molecule is CC(C)(CO)CSSCC(C)(C)CO. The fourth-order valence-electron chi connectivity index (χ4n) is 0.494. The minimum atomic E-state index is 0.00102. The van der Waals surface area contributed by atoms with Crippen molar-refractivity contribution >= 4 is 21.6 Å². The highest BCUT2D eigenvalue weighted by Crippen LogP contribution is 2.33. The molecule has 4 heteroatoms. The van der Waals surface area contributed by atoms with Crippen LogP contribution < -0.4 is 0 Å². The van der Waals surface area contributed by atoms with Crippen LogP contribution in [0.25, 0.3) is 0 Å². The Balaban J connectivity index is 3.57. The van der Waals surface area contributed by atoms with Crippen molar-refractivity contribution in [3.63, 3.8) is 0 Å². The summed E-state index contributed by atoms with van der Waals surface area (Å²) in [5.41, 5.74) is 0.00203. The van der Waals surface area contributed by atoms with E-state index in [1.54, 1.807) is 21.6 Å². The zero-order chi connectivity index (χ0) is 11.2. The molecule has 0 radical (unpaired) electrons. The third-order valence-corrected chi connectivity index (χ3v) is 5.01. The normalized spacial score (nSPS) is 13.3. The Hall–Kier alpha value is 0.620. The zero-order valence-corrected chi connectivity index (χ0v) is 11.2. The predicted molar refractivity (Wildman–Crippen MR) is 66.6 cm³/mol. The monoisotopic (exact) mass is 238 g/mol. The van der Waals surface area contributed by atoms with Crippen molar-refractivity contribution in [2.75, 3.05) is 24.7 Å². The second kappa shape index (κ2) is 6.26. The van der Waals surface area contributed by atoms with Crippen molar-refractivity contribution in [3.8, 4) is 0 Å². The van der Waals surface area contributed by atoms with Crippen LogP contribution in [0.5, 0.6) is 0 Å². The Morgan fingerprint density at radius 2 is 1.07 bits per heavy atom. The van der Waals surface area contributed by atoms with E-state index in [9.17, 15) is 0 Å². The van der Waals surface area contributed by atoms with Crippen LogP contribution in [0.15, 0.2) is 0 Å². The molecule has 0 amide bonds. The first-order valence-corrected chi connectivity index (χ1v) is 7.28. The van der Waals surface area contributed by atoms with E-state index in [4.69, 9.17) is 10.2 Å². The molecule has 0 aromatic carbocycles. The fourth-order valence-corrected chi connectivity index (χ4v) is 3.90. The van der Waals surface area contributed by atoms with E-state index < -0.39 is 0 Å². The van der Waals surface area contributed by atoms with Gasteiger partial charge in [-0.15, -0.1) is 0 Å². The molecule has 0 aromatic rings. The van der Waals surface area contributed by atoms with Crippen LogP contribution in [0.4, 0.5) is 0 Å². The number of hydrogen-bond donors (Lipinski definition) is 2. The molecule has 0 atom stereocenters. The maximum Gasteiger partial charge on any atom is 0.0490 e. The summed E-state index contributed by atoms with van der Waals surface area (Å²) in [7, 11) is 3.55. The van der Waals surface area contributed by atoms with Crippen LogP contribution in [0.1, 0.15) is 27.7 Å². The third-order valence-electron chi connectivity index (χ3n) is 1.84. The molecule has 0 spiro atoms. The van der Waals surface area contributed by atoms with E-state index in [-0.39, 0.29) is 24.0 Å². The molecule has 14 heavy (non-hydrogen) atoms. The molecule has 0 fully saturated rings. The maximum absolute atomic E-state index is 9.04. The van der Waals surface area contributed by atoms with Crippen LogP contribution in [-0.4, -0.2) is 34.9 Å². The van der Waals surface area contributed by atoms with Gasteiger partial charge in [-0.2, -0.15) is 0 Å². The molecule has 0 saturated carbocycles. The summed E-state index contributed by atoms with van der Waals surface area (Å²) in [4.78, 5) is 0. The Labute approximate surface area is 95.3 Å². The zero-order valence-electron chi connectivity index (χ0n) is 9.54. The average molecular weight is 238 g/mol. The van der Waals surface area contributed by atoms with Gasteiger partial charge >= 0.3 is 0 Å². The summed E-state index contributed by atoms with van der Waals surface area (Å²) < 4.78 is 0. The van der Waals surface area contributed by atoms with Crippen molar-refractivity contribution in [1.29, 1.82) is 0 Å². The smallest absolute Gasteiger partial charge is 0.0490 e. The Bertz CT molecular complexity index is 140. The predicted octanol–water partition coefficient (Wildman–Crippen LogP) is 2.40. The maximum atomic E-state index is 9.04. The van der Waals surface area contributed by atoms with E-state index in [0.717, 1.165) is 11.5 Å². The molecule has 0 bridgehead atoms. The van der Waals surface area contributed by atoms with Crippen LogP contribution in [0, 0.1) is 10.8 Å². The van der Waals surface area contributed by atoms with Gasteiger partial charge in [-0.05, 0) is 10.8 Å². The summed E-state index contributed by atoms with van der Waals surface area (Å²) in [6, 6.07) is 0. The second-order valence-corrected chi connectivity index (χ2v) is 7.63. The van der Waals surface area contributed by atoms with E-state index in [2.05, 4.69) is 27.7 Å². The van der Waals surface area contributed by atoms with E-state index in [1.165, 1.54) is 0 Å². The first-order chi connectivity index (χ1) is 6.33. The lowest BCUT2D eigenvalue weighted by Crippen LogP contribution is -2.21. The molecule has 0 aliphatic rings. The lowest BCUT2D eigenvalue weighted by atomic mass is 9.98. The van der Waals surface area contributed by atoms with Crippen molar-refractivity contribution in [2.45, 2.75) is 27.7 Å². The summed E-state index contributed by atoms with van der Waals surface area (Å²) >= 11 is 0. The van der Waals surface area contributed by atoms with E-state index in [1.807, 2.05) is 0 Å². The molecule has 0 heterocycles. The fraction of sp³-hybridized carbons (Fsp3) is 1.00. The molecule has 0 saturated heterocycles. The second-order valence-electron chi connectivity index (χ2n) is 5.17. The molecular weight excluding hydrogens is 216 g/mol. The number of aliphatic hydroxyl groups excluding tert-OH is 2. The number of hydrogen-bond acceptors (Lipinski definition) is 4. The molecular formula is C10H22O2S2. The summed E-state index contributed by atoms with van der Waals surface area (Å²) in [5, 5.41) is 18.1. The number of aliphatic hydroxyl groups is 2. The Morgan fingerprint density at radius 1 is 0.786 bits per heavy atom. The van der Waals surface area contributed by atoms with E-state index >= 15 is 0 Å². The van der Waals surface area contributed by atoms with Crippen molar-refractivity contribution in [2.24, 2.45) is 10.8 Å². The minimum Gasteiger partial charge on any atom is -0.396 e. The molecule has 86 valence electrons.